The van der Waals surface area contributed by atoms with Gasteiger partial charge in [-0.2, -0.15) is 0 Å². The zero-order valence-electron chi connectivity index (χ0n) is 13.3. The molecule has 3 heterocycles. The van der Waals surface area contributed by atoms with Gasteiger partial charge in [0.2, 0.25) is 5.91 Å². The minimum Gasteiger partial charge on any atom is -0.353 e. The Hall–Kier alpha value is -2.21. The van der Waals surface area contributed by atoms with Gasteiger partial charge in [-0.15, -0.1) is 11.3 Å². The van der Waals surface area contributed by atoms with Crippen LogP contribution in [0.25, 0.3) is 0 Å². The molecule has 2 aromatic rings. The van der Waals surface area contributed by atoms with Crippen molar-refractivity contribution in [2.75, 3.05) is 13.1 Å². The third-order valence-corrected chi connectivity index (χ3v) is 5.63. The smallest absolute Gasteiger partial charge is 0.273 e. The van der Waals surface area contributed by atoms with E-state index in [0.717, 1.165) is 17.8 Å². The third-order valence-electron chi connectivity index (χ3n) is 4.78. The Balaban J connectivity index is 1.43. The second-order valence-electron chi connectivity index (χ2n) is 6.47. The summed E-state index contributed by atoms with van der Waals surface area (Å²) >= 11 is 1.53. The summed E-state index contributed by atoms with van der Waals surface area (Å²) in [6, 6.07) is 10.4. The molecule has 4 rings (SSSR count). The summed E-state index contributed by atoms with van der Waals surface area (Å²) in [5.74, 6) is 0.346. The molecular weight excluding hydrogens is 322 g/mol. The number of hydrogen-bond acceptors (Lipinski definition) is 4. The molecular formula is C18H19N3O2S. The maximum Gasteiger partial charge on any atom is 0.273 e. The number of carbonyl (C=O) groups is 2. The third kappa shape index (κ3) is 3.06. The fourth-order valence-corrected chi connectivity index (χ4v) is 4.34. The molecule has 0 spiro atoms. The standard InChI is InChI=1S/C18H19N3O2S/c22-16-9-13-10-21(7-6-14(13)19-16)18(23)15-11-24-17(20-15)8-12-4-2-1-3-5-12/h1-5,11,13-14H,6-10H2,(H,19,22)/t13-,14+/m1/s1. The summed E-state index contributed by atoms with van der Waals surface area (Å²) in [5.41, 5.74) is 1.73. The molecule has 2 fully saturated rings. The Morgan fingerprint density at radius 2 is 2.17 bits per heavy atom. The average molecular weight is 341 g/mol. The minimum absolute atomic E-state index is 0.0108. The van der Waals surface area contributed by atoms with E-state index in [4.69, 9.17) is 0 Å². The van der Waals surface area contributed by atoms with E-state index in [1.165, 1.54) is 16.9 Å². The van der Waals surface area contributed by atoms with E-state index in [2.05, 4.69) is 22.4 Å². The van der Waals surface area contributed by atoms with Crippen molar-refractivity contribution in [3.8, 4) is 0 Å². The summed E-state index contributed by atoms with van der Waals surface area (Å²) in [4.78, 5) is 30.6. The highest BCUT2D eigenvalue weighted by molar-refractivity contribution is 7.09. The van der Waals surface area contributed by atoms with Crippen molar-refractivity contribution in [3.63, 3.8) is 0 Å². The molecule has 1 N–H and O–H groups in total. The molecule has 0 unspecified atom stereocenters. The van der Waals surface area contributed by atoms with Gasteiger partial charge in [0.05, 0.1) is 5.01 Å². The number of aromatic nitrogens is 1. The second kappa shape index (κ2) is 6.36. The minimum atomic E-state index is -0.0108. The van der Waals surface area contributed by atoms with Crippen molar-refractivity contribution >= 4 is 23.2 Å². The molecule has 0 bridgehead atoms. The van der Waals surface area contributed by atoms with Crippen LogP contribution in [0, 0.1) is 5.92 Å². The Labute approximate surface area is 144 Å². The monoisotopic (exact) mass is 341 g/mol. The number of carbonyl (C=O) groups excluding carboxylic acids is 2. The first kappa shape index (κ1) is 15.3. The highest BCUT2D eigenvalue weighted by atomic mass is 32.1. The molecule has 2 aliphatic heterocycles. The van der Waals surface area contributed by atoms with Crippen LogP contribution >= 0.6 is 11.3 Å². The first-order valence-electron chi connectivity index (χ1n) is 8.26. The van der Waals surface area contributed by atoms with Crippen molar-refractivity contribution < 1.29 is 9.59 Å². The molecule has 2 atom stereocenters. The van der Waals surface area contributed by atoms with Crippen LogP contribution in [0.1, 0.15) is 33.9 Å². The largest absolute Gasteiger partial charge is 0.353 e. The fraction of sp³-hybridized carbons (Fsp3) is 0.389. The van der Waals surface area contributed by atoms with Gasteiger partial charge >= 0.3 is 0 Å². The van der Waals surface area contributed by atoms with Gasteiger partial charge in [-0.05, 0) is 12.0 Å². The van der Waals surface area contributed by atoms with E-state index in [0.29, 0.717) is 25.2 Å². The quantitative estimate of drug-likeness (QED) is 0.930. The van der Waals surface area contributed by atoms with Crippen LogP contribution in [0.3, 0.4) is 0 Å². The van der Waals surface area contributed by atoms with Gasteiger partial charge in [0, 0.05) is 43.3 Å². The number of hydrogen-bond donors (Lipinski definition) is 1. The van der Waals surface area contributed by atoms with Gasteiger partial charge in [-0.25, -0.2) is 4.98 Å². The molecule has 5 nitrogen and oxygen atoms in total. The molecule has 6 heteroatoms. The molecule has 1 aromatic carbocycles. The predicted molar refractivity (Wildman–Crippen MR) is 91.9 cm³/mol. The summed E-state index contributed by atoms with van der Waals surface area (Å²) < 4.78 is 0. The molecule has 0 aliphatic carbocycles. The molecule has 2 amide bonds. The van der Waals surface area contributed by atoms with Crippen molar-refractivity contribution in [3.05, 3.63) is 52.0 Å². The number of benzene rings is 1. The molecule has 1 aromatic heterocycles. The zero-order chi connectivity index (χ0) is 16.5. The lowest BCUT2D eigenvalue weighted by molar-refractivity contribution is -0.119. The number of piperidine rings is 1. The molecule has 2 aliphatic rings. The van der Waals surface area contributed by atoms with E-state index in [1.807, 2.05) is 28.5 Å². The van der Waals surface area contributed by atoms with Crippen LogP contribution in [0.2, 0.25) is 0 Å². The van der Waals surface area contributed by atoms with Crippen LogP contribution in [0.15, 0.2) is 35.7 Å². The average Bonchev–Trinajstić information content (AvgIpc) is 3.20. The van der Waals surface area contributed by atoms with Crippen LogP contribution in [-0.2, 0) is 11.2 Å². The van der Waals surface area contributed by atoms with Gasteiger partial charge in [-0.3, -0.25) is 9.59 Å². The van der Waals surface area contributed by atoms with Gasteiger partial charge in [0.1, 0.15) is 5.69 Å². The summed E-state index contributed by atoms with van der Waals surface area (Å²) in [7, 11) is 0. The first-order valence-corrected chi connectivity index (χ1v) is 9.14. The number of thiazole rings is 1. The van der Waals surface area contributed by atoms with Gasteiger partial charge in [0.25, 0.3) is 5.91 Å². The number of fused-ring (bicyclic) bond motifs is 1. The van der Waals surface area contributed by atoms with Crippen LogP contribution in [-0.4, -0.2) is 40.8 Å². The molecule has 2 saturated heterocycles. The Morgan fingerprint density at radius 1 is 1.33 bits per heavy atom. The van der Waals surface area contributed by atoms with Crippen molar-refractivity contribution in [2.45, 2.75) is 25.3 Å². The van der Waals surface area contributed by atoms with E-state index < -0.39 is 0 Å². The maximum atomic E-state index is 12.7. The Kier molecular flexibility index (Phi) is 4.06. The maximum absolute atomic E-state index is 12.7. The second-order valence-corrected chi connectivity index (χ2v) is 7.41. The zero-order valence-corrected chi connectivity index (χ0v) is 14.1. The number of likely N-dealkylation sites (tertiary alicyclic amines) is 1. The van der Waals surface area contributed by atoms with E-state index in [-0.39, 0.29) is 23.8 Å². The predicted octanol–water partition coefficient (Wildman–Crippen LogP) is 2.08. The van der Waals surface area contributed by atoms with Crippen LogP contribution < -0.4 is 5.32 Å². The first-order chi connectivity index (χ1) is 11.7. The number of nitrogens with zero attached hydrogens (tertiary/aromatic N) is 2. The number of nitrogens with one attached hydrogen (secondary N) is 1. The van der Waals surface area contributed by atoms with Gasteiger partial charge < -0.3 is 10.2 Å². The molecule has 0 saturated carbocycles. The molecule has 24 heavy (non-hydrogen) atoms. The van der Waals surface area contributed by atoms with Gasteiger partial charge in [0.15, 0.2) is 0 Å². The lowest BCUT2D eigenvalue weighted by atomic mass is 9.93. The Morgan fingerprint density at radius 3 is 3.00 bits per heavy atom. The summed E-state index contributed by atoms with van der Waals surface area (Å²) in [5, 5.41) is 5.80. The lowest BCUT2D eigenvalue weighted by Crippen LogP contribution is -2.47. The van der Waals surface area contributed by atoms with Crippen molar-refractivity contribution in [2.24, 2.45) is 5.92 Å². The van der Waals surface area contributed by atoms with Gasteiger partial charge in [-0.1, -0.05) is 30.3 Å². The summed E-state index contributed by atoms with van der Waals surface area (Å²) in [6.07, 6.45) is 2.12. The highest BCUT2D eigenvalue weighted by Crippen LogP contribution is 2.26. The van der Waals surface area contributed by atoms with E-state index >= 15 is 0 Å². The molecule has 124 valence electrons. The summed E-state index contributed by atoms with van der Waals surface area (Å²) in [6.45, 7) is 1.33. The number of amides is 2. The van der Waals surface area contributed by atoms with Crippen LogP contribution in [0.4, 0.5) is 0 Å². The van der Waals surface area contributed by atoms with Crippen molar-refractivity contribution in [1.29, 1.82) is 0 Å². The normalized spacial score (nSPS) is 23.0. The topological polar surface area (TPSA) is 62.3 Å². The highest BCUT2D eigenvalue weighted by Gasteiger charge is 2.38. The fourth-order valence-electron chi connectivity index (χ4n) is 3.54. The van der Waals surface area contributed by atoms with E-state index in [1.54, 1.807) is 0 Å². The molecule has 0 radical (unpaired) electrons. The number of rotatable bonds is 3. The van der Waals surface area contributed by atoms with Crippen molar-refractivity contribution in [1.82, 2.24) is 15.2 Å². The lowest BCUT2D eigenvalue weighted by Gasteiger charge is -2.33. The van der Waals surface area contributed by atoms with E-state index in [9.17, 15) is 9.59 Å². The SMILES string of the molecule is O=C1C[C@@H]2CN(C(=O)c3csc(Cc4ccccc4)n3)CC[C@@H]2N1. The Bertz CT molecular complexity index is 759. The van der Waals surface area contributed by atoms with Crippen LogP contribution in [0.5, 0.6) is 0 Å².